The van der Waals surface area contributed by atoms with E-state index in [2.05, 4.69) is 5.32 Å². The first-order valence-corrected chi connectivity index (χ1v) is 6.62. The summed E-state index contributed by atoms with van der Waals surface area (Å²) in [4.78, 5) is 11.1. The zero-order valence-electron chi connectivity index (χ0n) is 10.9. The Morgan fingerprint density at radius 2 is 2.06 bits per heavy atom. The molecule has 100 valence electrons. The number of hydrogen-bond acceptors (Lipinski definition) is 3. The molecule has 1 fully saturated rings. The fraction of sp³-hybridized carbons (Fsp3) is 0.923. The topological polar surface area (TPSA) is 69.6 Å². The minimum atomic E-state index is -0.687. The number of rotatable bonds is 6. The lowest BCUT2D eigenvalue weighted by atomic mass is 9.79. The van der Waals surface area contributed by atoms with E-state index in [-0.39, 0.29) is 11.8 Å². The Bertz CT molecular complexity index is 253. The van der Waals surface area contributed by atoms with E-state index in [1.54, 1.807) is 6.92 Å². The van der Waals surface area contributed by atoms with Gasteiger partial charge in [0.2, 0.25) is 0 Å². The summed E-state index contributed by atoms with van der Waals surface area (Å²) >= 11 is 0. The quantitative estimate of drug-likeness (QED) is 0.663. The number of carboxylic acid groups (broad SMARTS) is 1. The molecule has 3 atom stereocenters. The minimum Gasteiger partial charge on any atom is -0.481 e. The van der Waals surface area contributed by atoms with E-state index in [1.165, 1.54) is 0 Å². The lowest BCUT2D eigenvalue weighted by Crippen LogP contribution is -2.41. The fourth-order valence-electron chi connectivity index (χ4n) is 2.43. The van der Waals surface area contributed by atoms with Crippen molar-refractivity contribution < 1.29 is 15.0 Å². The normalized spacial score (nSPS) is 28.6. The highest BCUT2D eigenvalue weighted by Crippen LogP contribution is 2.29. The first kappa shape index (κ1) is 14.5. The van der Waals surface area contributed by atoms with Crippen molar-refractivity contribution in [3.8, 4) is 0 Å². The molecular formula is C13H25NO3. The number of carbonyl (C=O) groups is 1. The lowest BCUT2D eigenvalue weighted by molar-refractivity contribution is -0.144. The molecule has 3 N–H and O–H groups in total. The van der Waals surface area contributed by atoms with Gasteiger partial charge >= 0.3 is 5.97 Å². The number of nitrogens with one attached hydrogen (secondary N) is 1. The highest BCUT2D eigenvalue weighted by molar-refractivity contribution is 5.70. The molecule has 0 spiro atoms. The lowest BCUT2D eigenvalue weighted by Gasteiger charge is -2.30. The molecule has 1 aliphatic carbocycles. The molecule has 0 aromatic carbocycles. The Kier molecular flexibility index (Phi) is 5.40. The predicted molar refractivity (Wildman–Crippen MR) is 66.9 cm³/mol. The van der Waals surface area contributed by atoms with E-state index in [0.717, 1.165) is 25.7 Å². The summed E-state index contributed by atoms with van der Waals surface area (Å²) < 4.78 is 0. The van der Waals surface area contributed by atoms with Gasteiger partial charge in [0.1, 0.15) is 0 Å². The molecule has 0 radical (unpaired) electrons. The minimum absolute atomic E-state index is 0.206. The second-order valence-electron chi connectivity index (χ2n) is 5.47. The van der Waals surface area contributed by atoms with Gasteiger partial charge in [-0.25, -0.2) is 0 Å². The van der Waals surface area contributed by atoms with E-state index >= 15 is 0 Å². The molecule has 4 heteroatoms. The van der Waals surface area contributed by atoms with E-state index in [0.29, 0.717) is 19.5 Å². The first-order chi connectivity index (χ1) is 7.96. The molecule has 0 aromatic heterocycles. The van der Waals surface area contributed by atoms with Crippen LogP contribution in [0.4, 0.5) is 0 Å². The van der Waals surface area contributed by atoms with Crippen LogP contribution in [0.2, 0.25) is 0 Å². The summed E-state index contributed by atoms with van der Waals surface area (Å²) in [6, 6.07) is 0. The van der Waals surface area contributed by atoms with Crippen molar-refractivity contribution in [2.24, 2.45) is 11.8 Å². The summed E-state index contributed by atoms with van der Waals surface area (Å²) in [6.45, 7) is 4.98. The molecule has 4 nitrogen and oxygen atoms in total. The van der Waals surface area contributed by atoms with Crippen LogP contribution in [-0.4, -0.2) is 34.9 Å². The maximum atomic E-state index is 11.1. The maximum Gasteiger partial charge on any atom is 0.306 e. The number of carboxylic acids is 1. The highest BCUT2D eigenvalue weighted by atomic mass is 16.4. The van der Waals surface area contributed by atoms with Crippen LogP contribution in [0.5, 0.6) is 0 Å². The number of hydrogen-bond donors (Lipinski definition) is 3. The Labute approximate surface area is 103 Å². The van der Waals surface area contributed by atoms with Gasteiger partial charge in [0, 0.05) is 6.54 Å². The Balaban J connectivity index is 2.36. The van der Waals surface area contributed by atoms with E-state index in [1.807, 2.05) is 6.92 Å². The third-order valence-corrected chi connectivity index (χ3v) is 3.90. The summed E-state index contributed by atoms with van der Waals surface area (Å²) in [5, 5.41) is 22.2. The van der Waals surface area contributed by atoms with Crippen LogP contribution in [0.25, 0.3) is 0 Å². The summed E-state index contributed by atoms with van der Waals surface area (Å²) in [7, 11) is 0. The second kappa shape index (κ2) is 6.36. The molecule has 0 aromatic rings. The third kappa shape index (κ3) is 4.64. The molecule has 0 amide bonds. The Morgan fingerprint density at radius 3 is 2.65 bits per heavy atom. The monoisotopic (exact) mass is 243 g/mol. The van der Waals surface area contributed by atoms with Crippen molar-refractivity contribution in [1.29, 1.82) is 0 Å². The molecule has 1 saturated carbocycles. The molecule has 0 bridgehead atoms. The smallest absolute Gasteiger partial charge is 0.306 e. The highest BCUT2D eigenvalue weighted by Gasteiger charge is 2.30. The van der Waals surface area contributed by atoms with Crippen LogP contribution in [-0.2, 0) is 4.79 Å². The number of aliphatic hydroxyl groups is 1. The predicted octanol–water partition coefficient (Wildman–Crippen LogP) is 1.63. The fourth-order valence-corrected chi connectivity index (χ4v) is 2.43. The average molecular weight is 243 g/mol. The molecule has 17 heavy (non-hydrogen) atoms. The Hall–Kier alpha value is -0.610. The zero-order chi connectivity index (χ0) is 12.9. The summed E-state index contributed by atoms with van der Waals surface area (Å²) in [5.41, 5.74) is -0.687. The van der Waals surface area contributed by atoms with Crippen molar-refractivity contribution >= 4 is 5.97 Å². The van der Waals surface area contributed by atoms with Crippen LogP contribution in [0, 0.1) is 11.8 Å². The molecule has 0 aliphatic heterocycles. The largest absolute Gasteiger partial charge is 0.481 e. The van der Waals surface area contributed by atoms with Crippen molar-refractivity contribution in [3.63, 3.8) is 0 Å². The van der Waals surface area contributed by atoms with Crippen LogP contribution >= 0.6 is 0 Å². The van der Waals surface area contributed by atoms with Gasteiger partial charge in [0.05, 0.1) is 11.5 Å². The average Bonchev–Trinajstić information content (AvgIpc) is 2.29. The molecular weight excluding hydrogens is 218 g/mol. The van der Waals surface area contributed by atoms with Crippen LogP contribution in [0.3, 0.4) is 0 Å². The molecule has 1 rings (SSSR count). The molecule has 1 aliphatic rings. The van der Waals surface area contributed by atoms with Gasteiger partial charge in [-0.2, -0.15) is 0 Å². The van der Waals surface area contributed by atoms with Gasteiger partial charge in [-0.3, -0.25) is 4.79 Å². The molecule has 0 heterocycles. The third-order valence-electron chi connectivity index (χ3n) is 3.90. The standard InChI is InChI=1S/C13H25NO3/c1-3-13(2,17)9-14-8-10-6-4-5-7-11(10)12(15)16/h10-11,14,17H,3-9H2,1-2H3,(H,15,16). The van der Waals surface area contributed by atoms with Gasteiger partial charge in [0.25, 0.3) is 0 Å². The second-order valence-corrected chi connectivity index (χ2v) is 5.47. The van der Waals surface area contributed by atoms with Gasteiger partial charge in [0.15, 0.2) is 0 Å². The summed E-state index contributed by atoms with van der Waals surface area (Å²) in [5.74, 6) is -0.657. The maximum absolute atomic E-state index is 11.1. The number of aliphatic carboxylic acids is 1. The van der Waals surface area contributed by atoms with E-state index < -0.39 is 11.6 Å². The first-order valence-electron chi connectivity index (χ1n) is 6.62. The van der Waals surface area contributed by atoms with Crippen molar-refractivity contribution in [2.75, 3.05) is 13.1 Å². The van der Waals surface area contributed by atoms with E-state index in [4.69, 9.17) is 5.11 Å². The van der Waals surface area contributed by atoms with Crippen LogP contribution in [0.15, 0.2) is 0 Å². The van der Waals surface area contributed by atoms with Gasteiger partial charge in [-0.05, 0) is 38.6 Å². The van der Waals surface area contributed by atoms with Gasteiger partial charge in [-0.1, -0.05) is 19.8 Å². The molecule has 0 saturated heterocycles. The SMILES string of the molecule is CCC(C)(O)CNCC1CCCCC1C(=O)O. The van der Waals surface area contributed by atoms with Crippen LogP contribution < -0.4 is 5.32 Å². The van der Waals surface area contributed by atoms with Crippen molar-refractivity contribution in [2.45, 2.75) is 51.6 Å². The van der Waals surface area contributed by atoms with Crippen molar-refractivity contribution in [1.82, 2.24) is 5.32 Å². The van der Waals surface area contributed by atoms with Crippen LogP contribution in [0.1, 0.15) is 46.0 Å². The van der Waals surface area contributed by atoms with Crippen molar-refractivity contribution in [3.05, 3.63) is 0 Å². The Morgan fingerprint density at radius 1 is 1.41 bits per heavy atom. The van der Waals surface area contributed by atoms with E-state index in [9.17, 15) is 9.90 Å². The zero-order valence-corrected chi connectivity index (χ0v) is 10.9. The summed E-state index contributed by atoms with van der Waals surface area (Å²) in [6.07, 6.45) is 4.64. The van der Waals surface area contributed by atoms with Gasteiger partial charge in [-0.15, -0.1) is 0 Å². The van der Waals surface area contributed by atoms with Gasteiger partial charge < -0.3 is 15.5 Å². The molecule has 3 unspecified atom stereocenters.